The summed E-state index contributed by atoms with van der Waals surface area (Å²) in [6.07, 6.45) is -4.14. The van der Waals surface area contributed by atoms with Crippen LogP contribution in [0.25, 0.3) is 0 Å². The van der Waals surface area contributed by atoms with E-state index >= 15 is 0 Å². The highest BCUT2D eigenvalue weighted by Crippen LogP contribution is 2.51. The summed E-state index contributed by atoms with van der Waals surface area (Å²) in [5.74, 6) is -2.65. The van der Waals surface area contributed by atoms with Crippen LogP contribution in [0, 0.1) is 5.92 Å². The third-order valence-electron chi connectivity index (χ3n) is 3.52. The zero-order valence-corrected chi connectivity index (χ0v) is 11.2. The van der Waals surface area contributed by atoms with Crippen LogP contribution in [-0.2, 0) is 15.8 Å². The van der Waals surface area contributed by atoms with E-state index in [9.17, 15) is 22.8 Å². The van der Waals surface area contributed by atoms with Gasteiger partial charge < -0.3 is 10.0 Å². The number of halogens is 3. The van der Waals surface area contributed by atoms with Crippen LogP contribution in [-0.4, -0.2) is 35.5 Å². The summed E-state index contributed by atoms with van der Waals surface area (Å²) in [4.78, 5) is 23.5. The van der Waals surface area contributed by atoms with E-state index in [1.54, 1.807) is 0 Å². The van der Waals surface area contributed by atoms with E-state index in [-0.39, 0.29) is 5.56 Å². The molecule has 0 unspecified atom stereocenters. The summed E-state index contributed by atoms with van der Waals surface area (Å²) in [5.41, 5.74) is -0.627. The molecule has 0 aliphatic heterocycles. The van der Waals surface area contributed by atoms with Crippen molar-refractivity contribution in [3.63, 3.8) is 0 Å². The molecule has 1 aliphatic rings. The molecular weight excluding hydrogens is 287 g/mol. The van der Waals surface area contributed by atoms with E-state index in [4.69, 9.17) is 5.11 Å². The van der Waals surface area contributed by atoms with Crippen molar-refractivity contribution in [3.8, 4) is 0 Å². The summed E-state index contributed by atoms with van der Waals surface area (Å²) >= 11 is 0. The maximum atomic E-state index is 12.9. The van der Waals surface area contributed by atoms with Gasteiger partial charge in [-0.05, 0) is 24.0 Å². The fraction of sp³-hybridized carbons (Fsp3) is 0.429. The Morgan fingerprint density at radius 1 is 1.33 bits per heavy atom. The number of likely N-dealkylation sites (N-methyl/N-ethyl adjacent to an activating group) is 1. The molecule has 0 saturated heterocycles. The molecule has 1 aromatic carbocycles. The molecule has 0 spiro atoms. The first kappa shape index (κ1) is 15.3. The Balaban J connectivity index is 2.14. The number of carbonyl (C=O) groups is 2. The second-order valence-corrected chi connectivity index (χ2v) is 5.12. The van der Waals surface area contributed by atoms with Gasteiger partial charge in [0.05, 0.1) is 5.56 Å². The van der Waals surface area contributed by atoms with Crippen molar-refractivity contribution >= 4 is 11.9 Å². The molecule has 0 heterocycles. The maximum Gasteiger partial charge on any atom is 0.416 e. The summed E-state index contributed by atoms with van der Waals surface area (Å²) in [7, 11) is 1.33. The number of rotatable bonds is 4. The lowest BCUT2D eigenvalue weighted by Gasteiger charge is -2.15. The van der Waals surface area contributed by atoms with E-state index < -0.39 is 42.0 Å². The predicted molar refractivity (Wildman–Crippen MR) is 67.6 cm³/mol. The molecule has 2 rings (SSSR count). The Hall–Kier alpha value is -2.05. The number of aliphatic carboxylic acids is 1. The van der Waals surface area contributed by atoms with Crippen molar-refractivity contribution in [2.75, 3.05) is 13.6 Å². The maximum absolute atomic E-state index is 12.9. The number of benzene rings is 1. The van der Waals surface area contributed by atoms with Crippen LogP contribution >= 0.6 is 0 Å². The fourth-order valence-electron chi connectivity index (χ4n) is 2.45. The van der Waals surface area contributed by atoms with Gasteiger partial charge in [0.1, 0.15) is 6.54 Å². The number of carboxylic acids is 1. The highest BCUT2D eigenvalue weighted by molar-refractivity contribution is 5.86. The molecule has 1 aromatic rings. The van der Waals surface area contributed by atoms with Crippen molar-refractivity contribution in [1.82, 2.24) is 4.90 Å². The first-order chi connectivity index (χ1) is 9.71. The van der Waals surface area contributed by atoms with Gasteiger partial charge in [0.15, 0.2) is 0 Å². The Labute approximate surface area is 119 Å². The Bertz CT molecular complexity index is 571. The first-order valence-electron chi connectivity index (χ1n) is 6.34. The van der Waals surface area contributed by atoms with Crippen LogP contribution in [0.3, 0.4) is 0 Å². The molecule has 1 aliphatic carbocycles. The molecule has 1 N–H and O–H groups in total. The van der Waals surface area contributed by atoms with Crippen LogP contribution in [0.5, 0.6) is 0 Å². The molecule has 21 heavy (non-hydrogen) atoms. The average molecular weight is 301 g/mol. The lowest BCUT2D eigenvalue weighted by atomic mass is 10.0. The molecule has 0 aromatic heterocycles. The number of hydrogen-bond donors (Lipinski definition) is 1. The standard InChI is InChI=1S/C14H14F3NO3/c1-18(7-12(19)20)13(21)10-6-9(10)8-4-2-3-5-11(8)14(15,16)17/h2-5,9-10H,6-7H2,1H3,(H,19,20)/t9-,10+/m1/s1. The smallest absolute Gasteiger partial charge is 0.416 e. The minimum atomic E-state index is -4.46. The Morgan fingerprint density at radius 3 is 2.52 bits per heavy atom. The van der Waals surface area contributed by atoms with Crippen LogP contribution in [0.2, 0.25) is 0 Å². The van der Waals surface area contributed by atoms with E-state index in [1.807, 2.05) is 0 Å². The third kappa shape index (κ3) is 3.34. The monoisotopic (exact) mass is 301 g/mol. The molecule has 1 saturated carbocycles. The van der Waals surface area contributed by atoms with E-state index in [0.717, 1.165) is 11.0 Å². The van der Waals surface area contributed by atoms with Gasteiger partial charge in [-0.25, -0.2) is 0 Å². The number of carboxylic acid groups (broad SMARTS) is 1. The van der Waals surface area contributed by atoms with E-state index in [2.05, 4.69) is 0 Å². The summed E-state index contributed by atoms with van der Waals surface area (Å²) in [6, 6.07) is 5.18. The lowest BCUT2D eigenvalue weighted by molar-refractivity contribution is -0.144. The van der Waals surface area contributed by atoms with Crippen molar-refractivity contribution in [3.05, 3.63) is 35.4 Å². The van der Waals surface area contributed by atoms with Crippen molar-refractivity contribution in [2.24, 2.45) is 5.92 Å². The second-order valence-electron chi connectivity index (χ2n) is 5.12. The number of alkyl halides is 3. The number of hydrogen-bond acceptors (Lipinski definition) is 2. The zero-order valence-electron chi connectivity index (χ0n) is 11.2. The third-order valence-corrected chi connectivity index (χ3v) is 3.52. The molecule has 1 amide bonds. The van der Waals surface area contributed by atoms with Crippen molar-refractivity contribution in [2.45, 2.75) is 18.5 Å². The van der Waals surface area contributed by atoms with Crippen LogP contribution in [0.1, 0.15) is 23.5 Å². The summed E-state index contributed by atoms with van der Waals surface area (Å²) < 4.78 is 38.8. The molecule has 0 radical (unpaired) electrons. The molecular formula is C14H14F3NO3. The Kier molecular flexibility index (Phi) is 3.93. The summed E-state index contributed by atoms with van der Waals surface area (Å²) in [5, 5.41) is 8.63. The van der Waals surface area contributed by atoms with E-state index in [0.29, 0.717) is 6.42 Å². The van der Waals surface area contributed by atoms with Crippen LogP contribution in [0.15, 0.2) is 24.3 Å². The SMILES string of the molecule is CN(CC(=O)O)C(=O)[C@H]1C[C@@H]1c1ccccc1C(F)(F)F. The first-order valence-corrected chi connectivity index (χ1v) is 6.34. The molecule has 1 fully saturated rings. The van der Waals surface area contributed by atoms with Gasteiger partial charge in [-0.3, -0.25) is 9.59 Å². The van der Waals surface area contributed by atoms with E-state index in [1.165, 1.54) is 25.2 Å². The van der Waals surface area contributed by atoms with Gasteiger partial charge in [-0.15, -0.1) is 0 Å². The predicted octanol–water partition coefficient (Wildman–Crippen LogP) is 2.35. The van der Waals surface area contributed by atoms with Crippen LogP contribution in [0.4, 0.5) is 13.2 Å². The molecule has 4 nitrogen and oxygen atoms in total. The normalized spacial score (nSPS) is 21.0. The van der Waals surface area contributed by atoms with Crippen LogP contribution < -0.4 is 0 Å². The van der Waals surface area contributed by atoms with Gasteiger partial charge in [0.2, 0.25) is 5.91 Å². The van der Waals surface area contributed by atoms with Gasteiger partial charge in [0, 0.05) is 13.0 Å². The highest BCUT2D eigenvalue weighted by Gasteiger charge is 2.48. The molecule has 7 heteroatoms. The summed E-state index contributed by atoms with van der Waals surface area (Å²) in [6.45, 7) is -0.455. The minimum absolute atomic E-state index is 0.104. The van der Waals surface area contributed by atoms with Gasteiger partial charge >= 0.3 is 12.1 Å². The topological polar surface area (TPSA) is 57.6 Å². The van der Waals surface area contributed by atoms with Crippen molar-refractivity contribution in [1.29, 1.82) is 0 Å². The highest BCUT2D eigenvalue weighted by atomic mass is 19.4. The number of nitrogens with zero attached hydrogens (tertiary/aromatic N) is 1. The minimum Gasteiger partial charge on any atom is -0.480 e. The number of carbonyl (C=O) groups excluding carboxylic acids is 1. The van der Waals surface area contributed by atoms with Gasteiger partial charge in [0.25, 0.3) is 0 Å². The zero-order chi connectivity index (χ0) is 15.8. The number of amides is 1. The second kappa shape index (κ2) is 5.38. The largest absolute Gasteiger partial charge is 0.480 e. The molecule has 114 valence electrons. The Morgan fingerprint density at radius 2 is 1.95 bits per heavy atom. The fourth-order valence-corrected chi connectivity index (χ4v) is 2.45. The molecule has 2 atom stereocenters. The average Bonchev–Trinajstić information content (AvgIpc) is 3.16. The van der Waals surface area contributed by atoms with Gasteiger partial charge in [-0.1, -0.05) is 18.2 Å². The molecule has 0 bridgehead atoms. The quantitative estimate of drug-likeness (QED) is 0.928. The van der Waals surface area contributed by atoms with Gasteiger partial charge in [-0.2, -0.15) is 13.2 Å². The van der Waals surface area contributed by atoms with Crippen molar-refractivity contribution < 1.29 is 27.9 Å². The lowest BCUT2D eigenvalue weighted by Crippen LogP contribution is -2.33.